The number of rotatable bonds is 17. The molecule has 3 nitrogen and oxygen atoms in total. The molecule has 0 aliphatic rings. The zero-order valence-electron chi connectivity index (χ0n) is 17.1. The van der Waals surface area contributed by atoms with Crippen LogP contribution in [-0.4, -0.2) is 53.6 Å². The fraction of sp³-hybridized carbons (Fsp3) is 1.00. The number of hydrogen-bond acceptors (Lipinski definition) is 2. The van der Waals surface area contributed by atoms with Crippen molar-refractivity contribution in [3.8, 4) is 0 Å². The predicted octanol–water partition coefficient (Wildman–Crippen LogP) is 4.90. The highest BCUT2D eigenvalue weighted by atomic mass is 16.3. The predicted molar refractivity (Wildman–Crippen MR) is 105 cm³/mol. The second-order valence-corrected chi connectivity index (χ2v) is 8.07. The van der Waals surface area contributed by atoms with Gasteiger partial charge in [-0.05, 0) is 25.7 Å². The molecule has 2 unspecified atom stereocenters. The van der Waals surface area contributed by atoms with Crippen LogP contribution in [0.3, 0.4) is 0 Å². The Labute approximate surface area is 152 Å². The lowest BCUT2D eigenvalue weighted by molar-refractivity contribution is -0.915. The number of aliphatic hydroxyl groups is 2. The zero-order valence-corrected chi connectivity index (χ0v) is 17.1. The summed E-state index contributed by atoms with van der Waals surface area (Å²) >= 11 is 0. The van der Waals surface area contributed by atoms with E-state index >= 15 is 0 Å². The minimum Gasteiger partial charge on any atom is -0.387 e. The van der Waals surface area contributed by atoms with Crippen molar-refractivity contribution in [2.24, 2.45) is 0 Å². The van der Waals surface area contributed by atoms with Gasteiger partial charge in [-0.15, -0.1) is 0 Å². The SMILES string of the molecule is CCCCCCCC[N+](C)(CC(O)CCCC)CC(O)CCCC. The van der Waals surface area contributed by atoms with Crippen molar-refractivity contribution in [3.63, 3.8) is 0 Å². The first kappa shape index (κ1) is 23.9. The Morgan fingerprint density at radius 2 is 1.04 bits per heavy atom. The number of hydrogen-bond donors (Lipinski definition) is 2. The summed E-state index contributed by atoms with van der Waals surface area (Å²) in [7, 11) is 2.23. The van der Waals surface area contributed by atoms with E-state index in [1.54, 1.807) is 0 Å². The molecule has 0 spiro atoms. The van der Waals surface area contributed by atoms with E-state index in [-0.39, 0.29) is 12.2 Å². The standard InChI is InChI=1S/C21H46NO2/c1-5-8-11-12-13-14-17-22(4,18-20(23)15-9-6-2)19-21(24)16-10-7-3/h20-21,23-24H,5-19H2,1-4H3/q+1. The zero-order chi connectivity index (χ0) is 18.3. The van der Waals surface area contributed by atoms with Gasteiger partial charge in [0.2, 0.25) is 0 Å². The molecule has 146 valence electrons. The highest BCUT2D eigenvalue weighted by molar-refractivity contribution is 4.60. The summed E-state index contributed by atoms with van der Waals surface area (Å²) in [6, 6.07) is 0. The molecule has 0 saturated heterocycles. The van der Waals surface area contributed by atoms with Gasteiger partial charge in [0.05, 0.1) is 13.6 Å². The van der Waals surface area contributed by atoms with Gasteiger partial charge in [0.15, 0.2) is 0 Å². The quantitative estimate of drug-likeness (QED) is 0.291. The Kier molecular flexibility index (Phi) is 15.1. The largest absolute Gasteiger partial charge is 0.387 e. The third-order valence-corrected chi connectivity index (χ3v) is 5.14. The van der Waals surface area contributed by atoms with Crippen molar-refractivity contribution in [2.75, 3.05) is 26.7 Å². The molecule has 0 amide bonds. The maximum atomic E-state index is 10.4. The second kappa shape index (κ2) is 15.2. The van der Waals surface area contributed by atoms with E-state index in [0.717, 1.165) is 62.6 Å². The van der Waals surface area contributed by atoms with Gasteiger partial charge in [-0.2, -0.15) is 0 Å². The number of likely N-dealkylation sites (N-methyl/N-ethyl adjacent to an activating group) is 1. The van der Waals surface area contributed by atoms with E-state index in [4.69, 9.17) is 0 Å². The first-order valence-electron chi connectivity index (χ1n) is 10.7. The van der Waals surface area contributed by atoms with Crippen molar-refractivity contribution in [3.05, 3.63) is 0 Å². The van der Waals surface area contributed by atoms with Crippen LogP contribution in [0.5, 0.6) is 0 Å². The molecule has 0 aromatic heterocycles. The average molecular weight is 345 g/mol. The van der Waals surface area contributed by atoms with E-state index < -0.39 is 0 Å². The van der Waals surface area contributed by atoms with Crippen molar-refractivity contribution in [2.45, 2.75) is 110 Å². The molecule has 24 heavy (non-hydrogen) atoms. The van der Waals surface area contributed by atoms with Gasteiger partial charge in [0.25, 0.3) is 0 Å². The summed E-state index contributed by atoms with van der Waals surface area (Å²) in [6.07, 6.45) is 13.6. The Morgan fingerprint density at radius 1 is 0.625 bits per heavy atom. The topological polar surface area (TPSA) is 40.5 Å². The lowest BCUT2D eigenvalue weighted by Crippen LogP contribution is -2.53. The Hall–Kier alpha value is -0.120. The van der Waals surface area contributed by atoms with Crippen LogP contribution in [0.4, 0.5) is 0 Å². The maximum Gasteiger partial charge on any atom is 0.105 e. The molecule has 0 heterocycles. The number of aliphatic hydroxyl groups excluding tert-OH is 2. The van der Waals surface area contributed by atoms with Crippen molar-refractivity contribution >= 4 is 0 Å². The molecule has 3 heteroatoms. The summed E-state index contributed by atoms with van der Waals surface area (Å²) < 4.78 is 0.823. The molecular formula is C21H46NO2+. The third-order valence-electron chi connectivity index (χ3n) is 5.14. The Morgan fingerprint density at radius 3 is 1.50 bits per heavy atom. The van der Waals surface area contributed by atoms with Crippen LogP contribution in [-0.2, 0) is 0 Å². The lowest BCUT2D eigenvalue weighted by atomic mass is 10.1. The normalized spacial score (nSPS) is 16.8. The van der Waals surface area contributed by atoms with Crippen LogP contribution >= 0.6 is 0 Å². The molecule has 2 N–H and O–H groups in total. The molecule has 0 saturated carbocycles. The van der Waals surface area contributed by atoms with Crippen molar-refractivity contribution < 1.29 is 14.7 Å². The van der Waals surface area contributed by atoms with Gasteiger partial charge in [0, 0.05) is 0 Å². The lowest BCUT2D eigenvalue weighted by Gasteiger charge is -2.38. The molecule has 0 bridgehead atoms. The minimum absolute atomic E-state index is 0.228. The first-order chi connectivity index (χ1) is 11.5. The Balaban J connectivity index is 4.39. The van der Waals surface area contributed by atoms with Crippen LogP contribution in [0.2, 0.25) is 0 Å². The number of quaternary nitrogens is 1. The van der Waals surface area contributed by atoms with E-state index in [1.165, 1.54) is 38.5 Å². The molecule has 2 atom stereocenters. The van der Waals surface area contributed by atoms with E-state index in [1.807, 2.05) is 0 Å². The Bertz CT molecular complexity index is 255. The van der Waals surface area contributed by atoms with Crippen LogP contribution < -0.4 is 0 Å². The number of nitrogens with zero attached hydrogens (tertiary/aromatic N) is 1. The molecular weight excluding hydrogens is 298 g/mol. The fourth-order valence-corrected chi connectivity index (χ4v) is 3.61. The average Bonchev–Trinajstić information content (AvgIpc) is 2.54. The summed E-state index contributed by atoms with van der Waals surface area (Å²) in [5, 5.41) is 20.8. The van der Waals surface area contributed by atoms with Crippen molar-refractivity contribution in [1.29, 1.82) is 0 Å². The van der Waals surface area contributed by atoms with Gasteiger partial charge in [-0.1, -0.05) is 72.1 Å². The molecule has 0 rings (SSSR count). The van der Waals surface area contributed by atoms with Crippen molar-refractivity contribution in [1.82, 2.24) is 0 Å². The molecule has 0 aromatic rings. The maximum absolute atomic E-state index is 10.4. The van der Waals surface area contributed by atoms with Gasteiger partial charge in [-0.25, -0.2) is 0 Å². The summed E-state index contributed by atoms with van der Waals surface area (Å²) in [5.74, 6) is 0. The highest BCUT2D eigenvalue weighted by Gasteiger charge is 2.28. The first-order valence-corrected chi connectivity index (χ1v) is 10.7. The van der Waals surface area contributed by atoms with E-state index in [0.29, 0.717) is 0 Å². The van der Waals surface area contributed by atoms with E-state index in [9.17, 15) is 10.2 Å². The monoisotopic (exact) mass is 344 g/mol. The molecule has 0 radical (unpaired) electrons. The third kappa shape index (κ3) is 13.2. The van der Waals surface area contributed by atoms with Gasteiger partial charge >= 0.3 is 0 Å². The molecule has 0 aliphatic heterocycles. The second-order valence-electron chi connectivity index (χ2n) is 8.07. The van der Waals surface area contributed by atoms with Gasteiger partial charge in [0.1, 0.15) is 25.3 Å². The fourth-order valence-electron chi connectivity index (χ4n) is 3.61. The summed E-state index contributed by atoms with van der Waals surface area (Å²) in [5.41, 5.74) is 0. The van der Waals surface area contributed by atoms with Crippen LogP contribution in [0, 0.1) is 0 Å². The van der Waals surface area contributed by atoms with Gasteiger partial charge in [-0.3, -0.25) is 0 Å². The van der Waals surface area contributed by atoms with Crippen LogP contribution in [0.15, 0.2) is 0 Å². The molecule has 0 aliphatic carbocycles. The molecule has 0 aromatic carbocycles. The summed E-state index contributed by atoms with van der Waals surface area (Å²) in [6.45, 7) is 9.26. The van der Waals surface area contributed by atoms with E-state index in [2.05, 4.69) is 27.8 Å². The number of unbranched alkanes of at least 4 members (excludes halogenated alkanes) is 7. The summed E-state index contributed by atoms with van der Waals surface area (Å²) in [4.78, 5) is 0. The minimum atomic E-state index is -0.228. The smallest absolute Gasteiger partial charge is 0.105 e. The highest BCUT2D eigenvalue weighted by Crippen LogP contribution is 2.16. The van der Waals surface area contributed by atoms with Gasteiger partial charge < -0.3 is 14.7 Å². The van der Waals surface area contributed by atoms with Crippen LogP contribution in [0.25, 0.3) is 0 Å². The van der Waals surface area contributed by atoms with Crippen LogP contribution in [0.1, 0.15) is 97.8 Å². The molecule has 0 fully saturated rings.